The smallest absolute Gasteiger partial charge is 0.303 e. The molecular weight excluding hydrogens is 274 g/mol. The van der Waals surface area contributed by atoms with Crippen LogP contribution in [0.15, 0.2) is 24.3 Å². The number of benzene rings is 1. The van der Waals surface area contributed by atoms with Crippen molar-refractivity contribution in [2.45, 2.75) is 32.2 Å². The van der Waals surface area contributed by atoms with E-state index in [-0.39, 0.29) is 25.0 Å². The first kappa shape index (κ1) is 16.8. The van der Waals surface area contributed by atoms with Gasteiger partial charge in [-0.05, 0) is 44.0 Å². The Morgan fingerprint density at radius 3 is 2.43 bits per heavy atom. The molecule has 0 saturated carbocycles. The van der Waals surface area contributed by atoms with Crippen molar-refractivity contribution < 1.29 is 24.2 Å². The molecule has 1 amide bonds. The second-order valence-corrected chi connectivity index (χ2v) is 4.72. The van der Waals surface area contributed by atoms with Gasteiger partial charge in [-0.25, -0.2) is 0 Å². The lowest BCUT2D eigenvalue weighted by molar-refractivity contribution is -0.137. The molecule has 1 rings (SSSR count). The van der Waals surface area contributed by atoms with Crippen LogP contribution in [0.5, 0.6) is 11.5 Å². The molecule has 0 fully saturated rings. The Balaban J connectivity index is 2.24. The Bertz CT molecular complexity index is 458. The molecule has 0 radical (unpaired) electrons. The van der Waals surface area contributed by atoms with Gasteiger partial charge in [-0.2, -0.15) is 0 Å². The number of hydrogen-bond donors (Lipinski definition) is 2. The number of carboxylic acid groups (broad SMARTS) is 1. The Morgan fingerprint density at radius 1 is 1.24 bits per heavy atom. The zero-order valence-electron chi connectivity index (χ0n) is 12.3. The number of carbonyl (C=O) groups excluding carboxylic acids is 1. The highest BCUT2D eigenvalue weighted by molar-refractivity contribution is 5.77. The monoisotopic (exact) mass is 295 g/mol. The number of carbonyl (C=O) groups is 2. The molecule has 0 aliphatic heterocycles. The Hall–Kier alpha value is -2.24. The van der Waals surface area contributed by atoms with Crippen molar-refractivity contribution in [1.29, 1.82) is 0 Å². The standard InChI is InChI=1S/C15H21NO5/c1-11(4-3-5-15(18)19)16-14(17)10-21-13-8-6-12(20-2)7-9-13/h6-9,11H,3-5,10H2,1-2H3,(H,16,17)(H,18,19). The summed E-state index contributed by atoms with van der Waals surface area (Å²) in [7, 11) is 1.58. The van der Waals surface area contributed by atoms with Crippen LogP contribution < -0.4 is 14.8 Å². The van der Waals surface area contributed by atoms with Crippen molar-refractivity contribution >= 4 is 11.9 Å². The van der Waals surface area contributed by atoms with Crippen molar-refractivity contribution in [2.24, 2.45) is 0 Å². The zero-order chi connectivity index (χ0) is 15.7. The quantitative estimate of drug-likeness (QED) is 0.726. The molecule has 2 N–H and O–H groups in total. The molecule has 6 nitrogen and oxygen atoms in total. The molecule has 1 aromatic rings. The van der Waals surface area contributed by atoms with Gasteiger partial charge in [-0.1, -0.05) is 0 Å². The van der Waals surface area contributed by atoms with Gasteiger partial charge in [0.15, 0.2) is 6.61 Å². The minimum Gasteiger partial charge on any atom is -0.497 e. The third-order valence-electron chi connectivity index (χ3n) is 2.86. The Morgan fingerprint density at radius 2 is 1.86 bits per heavy atom. The number of nitrogens with one attached hydrogen (secondary N) is 1. The highest BCUT2D eigenvalue weighted by atomic mass is 16.5. The van der Waals surface area contributed by atoms with Crippen LogP contribution in [0, 0.1) is 0 Å². The normalized spacial score (nSPS) is 11.5. The van der Waals surface area contributed by atoms with Gasteiger partial charge in [0.1, 0.15) is 11.5 Å². The number of ether oxygens (including phenoxy) is 2. The van der Waals surface area contributed by atoms with Crippen LogP contribution in [0.3, 0.4) is 0 Å². The van der Waals surface area contributed by atoms with Crippen molar-refractivity contribution in [1.82, 2.24) is 5.32 Å². The third kappa shape index (κ3) is 7.20. The second kappa shape index (κ2) is 8.84. The largest absolute Gasteiger partial charge is 0.497 e. The van der Waals surface area contributed by atoms with E-state index in [1.807, 2.05) is 6.92 Å². The molecule has 0 aliphatic carbocycles. The molecule has 0 aromatic heterocycles. The second-order valence-electron chi connectivity index (χ2n) is 4.72. The SMILES string of the molecule is COc1ccc(OCC(=O)NC(C)CCCC(=O)O)cc1. The van der Waals surface area contributed by atoms with Crippen LogP contribution in [0.4, 0.5) is 0 Å². The lowest BCUT2D eigenvalue weighted by Crippen LogP contribution is -2.36. The predicted octanol–water partition coefficient (Wildman–Crippen LogP) is 1.83. The van der Waals surface area contributed by atoms with E-state index in [4.69, 9.17) is 14.6 Å². The average Bonchev–Trinajstić information content (AvgIpc) is 2.45. The van der Waals surface area contributed by atoms with Crippen LogP contribution >= 0.6 is 0 Å². The minimum absolute atomic E-state index is 0.0729. The van der Waals surface area contributed by atoms with Crippen molar-refractivity contribution in [2.75, 3.05) is 13.7 Å². The maximum absolute atomic E-state index is 11.7. The van der Waals surface area contributed by atoms with E-state index in [0.29, 0.717) is 18.6 Å². The van der Waals surface area contributed by atoms with Crippen LogP contribution in [0.25, 0.3) is 0 Å². The topological polar surface area (TPSA) is 84.9 Å². The lowest BCUT2D eigenvalue weighted by atomic mass is 10.1. The Labute approximate surface area is 124 Å². The van der Waals surface area contributed by atoms with E-state index in [0.717, 1.165) is 5.75 Å². The molecule has 0 spiro atoms. The number of hydrogen-bond acceptors (Lipinski definition) is 4. The van der Waals surface area contributed by atoms with Gasteiger partial charge < -0.3 is 19.9 Å². The summed E-state index contributed by atoms with van der Waals surface area (Å²) >= 11 is 0. The number of aliphatic carboxylic acids is 1. The third-order valence-corrected chi connectivity index (χ3v) is 2.86. The zero-order valence-corrected chi connectivity index (χ0v) is 12.3. The van der Waals surface area contributed by atoms with Crippen LogP contribution in [0.2, 0.25) is 0 Å². The highest BCUT2D eigenvalue weighted by Crippen LogP contribution is 2.16. The van der Waals surface area contributed by atoms with Crippen LogP contribution in [-0.2, 0) is 9.59 Å². The van der Waals surface area contributed by atoms with E-state index in [1.54, 1.807) is 31.4 Å². The highest BCUT2D eigenvalue weighted by Gasteiger charge is 2.09. The van der Waals surface area contributed by atoms with Gasteiger partial charge in [0, 0.05) is 12.5 Å². The molecule has 0 saturated heterocycles. The van der Waals surface area contributed by atoms with Crippen LogP contribution in [0.1, 0.15) is 26.2 Å². The number of rotatable bonds is 9. The van der Waals surface area contributed by atoms with E-state index in [2.05, 4.69) is 5.32 Å². The first-order valence-corrected chi connectivity index (χ1v) is 6.79. The van der Waals surface area contributed by atoms with Gasteiger partial charge in [-0.15, -0.1) is 0 Å². The molecule has 0 heterocycles. The molecule has 1 atom stereocenters. The van der Waals surface area contributed by atoms with Gasteiger partial charge in [0.2, 0.25) is 0 Å². The summed E-state index contributed by atoms with van der Waals surface area (Å²) in [5, 5.41) is 11.3. The molecule has 1 unspecified atom stereocenters. The fourth-order valence-electron chi connectivity index (χ4n) is 1.77. The summed E-state index contributed by atoms with van der Waals surface area (Å²) in [6.07, 6.45) is 1.28. The predicted molar refractivity (Wildman–Crippen MR) is 77.6 cm³/mol. The van der Waals surface area contributed by atoms with Gasteiger partial charge in [0.05, 0.1) is 7.11 Å². The Kier molecular flexibility index (Phi) is 7.08. The minimum atomic E-state index is -0.823. The summed E-state index contributed by atoms with van der Waals surface area (Å²) in [4.78, 5) is 22.1. The maximum Gasteiger partial charge on any atom is 0.303 e. The van der Waals surface area contributed by atoms with Crippen LogP contribution in [-0.4, -0.2) is 36.7 Å². The summed E-state index contributed by atoms with van der Waals surface area (Å²) in [5.41, 5.74) is 0. The molecule has 6 heteroatoms. The maximum atomic E-state index is 11.7. The van der Waals surface area contributed by atoms with E-state index in [9.17, 15) is 9.59 Å². The molecule has 0 bridgehead atoms. The van der Waals surface area contributed by atoms with Gasteiger partial charge in [0.25, 0.3) is 5.91 Å². The van der Waals surface area contributed by atoms with E-state index >= 15 is 0 Å². The summed E-state index contributed by atoms with van der Waals surface area (Å²) in [6.45, 7) is 1.77. The summed E-state index contributed by atoms with van der Waals surface area (Å²) in [5.74, 6) is 0.258. The van der Waals surface area contributed by atoms with E-state index < -0.39 is 5.97 Å². The lowest BCUT2D eigenvalue weighted by Gasteiger charge is -2.13. The number of amides is 1. The fraction of sp³-hybridized carbons (Fsp3) is 0.467. The first-order valence-electron chi connectivity index (χ1n) is 6.79. The van der Waals surface area contributed by atoms with Crippen molar-refractivity contribution in [3.05, 3.63) is 24.3 Å². The molecule has 21 heavy (non-hydrogen) atoms. The molecule has 1 aromatic carbocycles. The summed E-state index contributed by atoms with van der Waals surface area (Å²) < 4.78 is 10.4. The summed E-state index contributed by atoms with van der Waals surface area (Å²) in [6, 6.07) is 6.88. The molecule has 0 aliphatic rings. The molecular formula is C15H21NO5. The van der Waals surface area contributed by atoms with Crippen molar-refractivity contribution in [3.8, 4) is 11.5 Å². The van der Waals surface area contributed by atoms with E-state index in [1.165, 1.54) is 0 Å². The first-order chi connectivity index (χ1) is 10.0. The number of methoxy groups -OCH3 is 1. The molecule has 116 valence electrons. The average molecular weight is 295 g/mol. The number of carboxylic acids is 1. The fourth-order valence-corrected chi connectivity index (χ4v) is 1.77. The van der Waals surface area contributed by atoms with Crippen molar-refractivity contribution in [3.63, 3.8) is 0 Å². The van der Waals surface area contributed by atoms with Gasteiger partial charge >= 0.3 is 5.97 Å². The van der Waals surface area contributed by atoms with Gasteiger partial charge in [-0.3, -0.25) is 9.59 Å².